The summed E-state index contributed by atoms with van der Waals surface area (Å²) in [4.78, 5) is 0. The molecule has 2 aromatic rings. The molecule has 0 aliphatic carbocycles. The molecule has 1 aromatic heterocycles. The third-order valence-electron chi connectivity index (χ3n) is 3.34. The molecule has 2 rings (SSSR count). The number of phenolic OH excluding ortho intramolecular Hbond substituents is 1. The molecule has 1 aromatic carbocycles. The minimum atomic E-state index is 0.0669. The van der Waals surface area contributed by atoms with Gasteiger partial charge in [-0.3, -0.25) is 0 Å². The lowest BCUT2D eigenvalue weighted by Crippen LogP contribution is -2.24. The number of aromatic nitrogens is 3. The number of ether oxygens (including phenoxy) is 1. The van der Waals surface area contributed by atoms with Crippen LogP contribution < -0.4 is 10.1 Å². The van der Waals surface area contributed by atoms with E-state index in [9.17, 15) is 5.11 Å². The quantitative estimate of drug-likeness (QED) is 0.873. The van der Waals surface area contributed by atoms with E-state index in [0.717, 1.165) is 11.4 Å². The highest BCUT2D eigenvalue weighted by molar-refractivity contribution is 5.42. The van der Waals surface area contributed by atoms with Gasteiger partial charge in [0.25, 0.3) is 0 Å². The average molecular weight is 276 g/mol. The number of rotatable bonds is 5. The SMILES string of the molecule is COc1cc(C(C)NC(C)c2nncn2C)ccc1O. The minimum absolute atomic E-state index is 0.0669. The Morgan fingerprint density at radius 2 is 2.05 bits per heavy atom. The van der Waals surface area contributed by atoms with Crippen molar-refractivity contribution >= 4 is 0 Å². The summed E-state index contributed by atoms with van der Waals surface area (Å²) in [7, 11) is 3.46. The summed E-state index contributed by atoms with van der Waals surface area (Å²) in [6.45, 7) is 4.09. The standard InChI is InChI=1S/C14H20N4O2/c1-9(11-5-6-12(19)13(7-11)20-4)16-10(2)14-17-15-8-18(14)3/h5-10,16,19H,1-4H3. The van der Waals surface area contributed by atoms with E-state index < -0.39 is 0 Å². The first-order valence-corrected chi connectivity index (χ1v) is 6.49. The van der Waals surface area contributed by atoms with Crippen molar-refractivity contribution in [2.75, 3.05) is 7.11 Å². The zero-order valence-electron chi connectivity index (χ0n) is 12.2. The van der Waals surface area contributed by atoms with Crippen molar-refractivity contribution in [1.82, 2.24) is 20.1 Å². The van der Waals surface area contributed by atoms with Crippen molar-refractivity contribution in [2.24, 2.45) is 7.05 Å². The number of methoxy groups -OCH3 is 1. The molecular weight excluding hydrogens is 256 g/mol. The summed E-state index contributed by atoms with van der Waals surface area (Å²) < 4.78 is 7.02. The van der Waals surface area contributed by atoms with Crippen LogP contribution in [0.1, 0.15) is 37.3 Å². The highest BCUT2D eigenvalue weighted by Gasteiger charge is 2.16. The molecule has 0 spiro atoms. The van der Waals surface area contributed by atoms with E-state index in [4.69, 9.17) is 4.74 Å². The lowest BCUT2D eigenvalue weighted by molar-refractivity contribution is 0.371. The Morgan fingerprint density at radius 3 is 2.65 bits per heavy atom. The van der Waals surface area contributed by atoms with Crippen LogP contribution in [0.5, 0.6) is 11.5 Å². The van der Waals surface area contributed by atoms with Crippen molar-refractivity contribution in [3.63, 3.8) is 0 Å². The van der Waals surface area contributed by atoms with Crippen molar-refractivity contribution < 1.29 is 9.84 Å². The Labute approximate surface area is 118 Å². The lowest BCUT2D eigenvalue weighted by atomic mass is 10.1. The number of hydrogen-bond acceptors (Lipinski definition) is 5. The summed E-state index contributed by atoms with van der Waals surface area (Å²) in [6.07, 6.45) is 1.68. The van der Waals surface area contributed by atoms with Gasteiger partial charge >= 0.3 is 0 Å². The molecule has 6 nitrogen and oxygen atoms in total. The summed E-state index contributed by atoms with van der Waals surface area (Å²) in [6, 6.07) is 5.50. The maximum absolute atomic E-state index is 9.62. The van der Waals surface area contributed by atoms with E-state index in [1.54, 1.807) is 19.5 Å². The lowest BCUT2D eigenvalue weighted by Gasteiger charge is -2.20. The van der Waals surface area contributed by atoms with E-state index in [2.05, 4.69) is 22.4 Å². The fourth-order valence-corrected chi connectivity index (χ4v) is 2.19. The Balaban J connectivity index is 2.12. The van der Waals surface area contributed by atoms with Crippen LogP contribution in [0.2, 0.25) is 0 Å². The van der Waals surface area contributed by atoms with Crippen LogP contribution in [0.25, 0.3) is 0 Å². The molecule has 0 aliphatic heterocycles. The monoisotopic (exact) mass is 276 g/mol. The third-order valence-corrected chi connectivity index (χ3v) is 3.34. The van der Waals surface area contributed by atoms with E-state index >= 15 is 0 Å². The first-order valence-electron chi connectivity index (χ1n) is 6.49. The first-order chi connectivity index (χ1) is 9.52. The van der Waals surface area contributed by atoms with Gasteiger partial charge in [-0.25, -0.2) is 0 Å². The molecule has 2 atom stereocenters. The van der Waals surface area contributed by atoms with Crippen LogP contribution in [0.15, 0.2) is 24.5 Å². The second-order valence-corrected chi connectivity index (χ2v) is 4.84. The highest BCUT2D eigenvalue weighted by atomic mass is 16.5. The van der Waals surface area contributed by atoms with Crippen LogP contribution in [0, 0.1) is 0 Å². The second-order valence-electron chi connectivity index (χ2n) is 4.84. The summed E-state index contributed by atoms with van der Waals surface area (Å²) in [5.41, 5.74) is 1.04. The fraction of sp³-hybridized carbons (Fsp3) is 0.429. The molecule has 108 valence electrons. The van der Waals surface area contributed by atoms with E-state index in [1.165, 1.54) is 0 Å². The number of hydrogen-bond donors (Lipinski definition) is 2. The van der Waals surface area contributed by atoms with Gasteiger partial charge in [-0.15, -0.1) is 10.2 Å². The number of benzene rings is 1. The van der Waals surface area contributed by atoms with Gasteiger partial charge in [0, 0.05) is 13.1 Å². The molecule has 0 saturated carbocycles. The molecule has 6 heteroatoms. The predicted octanol–water partition coefficient (Wildman–Crippen LogP) is 1.94. The van der Waals surface area contributed by atoms with Crippen molar-refractivity contribution in [1.29, 1.82) is 0 Å². The van der Waals surface area contributed by atoms with Crippen LogP contribution in [-0.4, -0.2) is 27.0 Å². The smallest absolute Gasteiger partial charge is 0.160 e. The van der Waals surface area contributed by atoms with Gasteiger partial charge in [0.15, 0.2) is 11.5 Å². The molecule has 20 heavy (non-hydrogen) atoms. The Hall–Kier alpha value is -2.08. The second kappa shape index (κ2) is 5.92. The molecule has 2 unspecified atom stereocenters. The van der Waals surface area contributed by atoms with Crippen molar-refractivity contribution in [3.05, 3.63) is 35.9 Å². The van der Waals surface area contributed by atoms with Gasteiger partial charge in [0.2, 0.25) is 0 Å². The number of phenols is 1. The molecule has 2 N–H and O–H groups in total. The summed E-state index contributed by atoms with van der Waals surface area (Å²) in [5, 5.41) is 21.0. The molecule has 0 amide bonds. The van der Waals surface area contributed by atoms with Gasteiger partial charge < -0.3 is 19.7 Å². The van der Waals surface area contributed by atoms with Gasteiger partial charge in [0.1, 0.15) is 12.2 Å². The first kappa shape index (κ1) is 14.3. The molecule has 0 saturated heterocycles. The predicted molar refractivity (Wildman–Crippen MR) is 75.6 cm³/mol. The zero-order valence-corrected chi connectivity index (χ0v) is 12.2. The van der Waals surface area contributed by atoms with Crippen LogP contribution >= 0.6 is 0 Å². The van der Waals surface area contributed by atoms with Gasteiger partial charge in [-0.05, 0) is 31.5 Å². The number of aryl methyl sites for hydroxylation is 1. The minimum Gasteiger partial charge on any atom is -0.504 e. The Kier molecular flexibility index (Phi) is 4.24. The number of nitrogens with one attached hydrogen (secondary N) is 1. The van der Waals surface area contributed by atoms with Gasteiger partial charge in [-0.1, -0.05) is 6.07 Å². The topological polar surface area (TPSA) is 72.2 Å². The van der Waals surface area contributed by atoms with Crippen molar-refractivity contribution in [2.45, 2.75) is 25.9 Å². The maximum Gasteiger partial charge on any atom is 0.160 e. The van der Waals surface area contributed by atoms with E-state index in [0.29, 0.717) is 5.75 Å². The summed E-state index contributed by atoms with van der Waals surface area (Å²) in [5.74, 6) is 1.50. The zero-order chi connectivity index (χ0) is 14.7. The molecule has 0 fully saturated rings. The van der Waals surface area contributed by atoms with E-state index in [1.807, 2.05) is 30.7 Å². The van der Waals surface area contributed by atoms with Gasteiger partial charge in [-0.2, -0.15) is 0 Å². The normalized spacial score (nSPS) is 14.0. The van der Waals surface area contributed by atoms with Crippen LogP contribution in [-0.2, 0) is 7.05 Å². The van der Waals surface area contributed by atoms with Crippen molar-refractivity contribution in [3.8, 4) is 11.5 Å². The summed E-state index contributed by atoms with van der Waals surface area (Å²) >= 11 is 0. The molecule has 1 heterocycles. The third kappa shape index (κ3) is 2.91. The molecule has 0 radical (unpaired) electrons. The maximum atomic E-state index is 9.62. The Morgan fingerprint density at radius 1 is 1.30 bits per heavy atom. The van der Waals surface area contributed by atoms with Crippen LogP contribution in [0.3, 0.4) is 0 Å². The van der Waals surface area contributed by atoms with Gasteiger partial charge in [0.05, 0.1) is 13.2 Å². The average Bonchev–Trinajstić information content (AvgIpc) is 2.85. The molecule has 0 bridgehead atoms. The van der Waals surface area contributed by atoms with E-state index in [-0.39, 0.29) is 17.8 Å². The van der Waals surface area contributed by atoms with Crippen LogP contribution in [0.4, 0.5) is 0 Å². The molecule has 0 aliphatic rings. The Bertz CT molecular complexity index is 582. The largest absolute Gasteiger partial charge is 0.504 e. The number of nitrogens with zero attached hydrogens (tertiary/aromatic N) is 3. The molecular formula is C14H20N4O2. The fourth-order valence-electron chi connectivity index (χ4n) is 2.19. The highest BCUT2D eigenvalue weighted by Crippen LogP contribution is 2.29. The number of aromatic hydroxyl groups is 1.